The zero-order valence-electron chi connectivity index (χ0n) is 9.69. The number of aryl methyl sites for hydroxylation is 1. The van der Waals surface area contributed by atoms with E-state index in [1.807, 2.05) is 23.7 Å². The number of carbonyl (C=O) groups is 1. The van der Waals surface area contributed by atoms with Crippen LogP contribution in [0.4, 0.5) is 0 Å². The molecule has 0 aliphatic rings. The third kappa shape index (κ3) is 1.58. The summed E-state index contributed by atoms with van der Waals surface area (Å²) < 4.78 is 1.85. The van der Waals surface area contributed by atoms with Crippen molar-refractivity contribution in [2.24, 2.45) is 7.05 Å². The Bertz CT molecular complexity index is 552. The number of hydrogen-bond acceptors (Lipinski definition) is 1. The minimum absolute atomic E-state index is 0.375. The second-order valence-corrected chi connectivity index (χ2v) is 4.39. The smallest absolute Gasteiger partial charge is 0.337 e. The van der Waals surface area contributed by atoms with Gasteiger partial charge in [0, 0.05) is 24.1 Å². The minimum atomic E-state index is -0.869. The van der Waals surface area contributed by atoms with Gasteiger partial charge in [-0.3, -0.25) is 0 Å². The maximum atomic E-state index is 11.1. The van der Waals surface area contributed by atoms with Crippen LogP contribution in [0.5, 0.6) is 0 Å². The van der Waals surface area contributed by atoms with E-state index in [4.69, 9.17) is 5.11 Å². The van der Waals surface area contributed by atoms with Crippen molar-refractivity contribution in [1.29, 1.82) is 0 Å². The molecule has 1 N–H and O–H groups in total. The number of fused-ring (bicyclic) bond motifs is 1. The molecule has 1 aromatic heterocycles. The predicted molar refractivity (Wildman–Crippen MR) is 64.0 cm³/mol. The van der Waals surface area contributed by atoms with Gasteiger partial charge in [0.25, 0.3) is 0 Å². The molecule has 0 saturated heterocycles. The van der Waals surface area contributed by atoms with Gasteiger partial charge in [0.15, 0.2) is 0 Å². The lowest BCUT2D eigenvalue weighted by molar-refractivity contribution is 0.0699. The third-order valence-corrected chi connectivity index (χ3v) is 2.91. The van der Waals surface area contributed by atoms with E-state index in [0.29, 0.717) is 11.5 Å². The number of aromatic carboxylic acids is 1. The number of carboxylic acids is 1. The molecule has 0 fully saturated rings. The Balaban J connectivity index is 2.74. The lowest BCUT2D eigenvalue weighted by Crippen LogP contribution is -1.94. The van der Waals surface area contributed by atoms with E-state index in [9.17, 15) is 4.79 Å². The van der Waals surface area contributed by atoms with Gasteiger partial charge in [-0.15, -0.1) is 0 Å². The molecule has 0 spiro atoms. The third-order valence-electron chi connectivity index (χ3n) is 2.91. The standard InChI is InChI=1S/C13H15NO2/c1-8(2)9-4-5-12-10(6-9)11(13(15)16)7-14(12)3/h4-8H,1-3H3,(H,15,16). The van der Waals surface area contributed by atoms with Crippen LogP contribution in [-0.2, 0) is 7.05 Å². The van der Waals surface area contributed by atoms with E-state index in [-0.39, 0.29) is 0 Å². The molecule has 3 heteroatoms. The molecule has 0 unspecified atom stereocenters. The summed E-state index contributed by atoms with van der Waals surface area (Å²) in [5.74, 6) is -0.460. The second kappa shape index (κ2) is 3.67. The molecule has 0 atom stereocenters. The Hall–Kier alpha value is -1.77. The molecule has 0 aliphatic carbocycles. The molecular weight excluding hydrogens is 202 g/mol. The molecule has 2 aromatic rings. The first-order valence-corrected chi connectivity index (χ1v) is 5.33. The van der Waals surface area contributed by atoms with Crippen LogP contribution in [0.3, 0.4) is 0 Å². The maximum Gasteiger partial charge on any atom is 0.337 e. The van der Waals surface area contributed by atoms with Gasteiger partial charge < -0.3 is 9.67 Å². The average Bonchev–Trinajstić information content (AvgIpc) is 2.56. The van der Waals surface area contributed by atoms with E-state index < -0.39 is 5.97 Å². The first-order valence-electron chi connectivity index (χ1n) is 5.33. The number of carboxylic acid groups (broad SMARTS) is 1. The molecule has 0 amide bonds. The van der Waals surface area contributed by atoms with Gasteiger partial charge in [0.2, 0.25) is 0 Å². The Morgan fingerprint density at radius 1 is 1.38 bits per heavy atom. The highest BCUT2D eigenvalue weighted by Crippen LogP contribution is 2.25. The largest absolute Gasteiger partial charge is 0.478 e. The Labute approximate surface area is 94.3 Å². The van der Waals surface area contributed by atoms with E-state index in [0.717, 1.165) is 10.9 Å². The topological polar surface area (TPSA) is 42.2 Å². The summed E-state index contributed by atoms with van der Waals surface area (Å²) in [5, 5.41) is 9.93. The summed E-state index contributed by atoms with van der Waals surface area (Å²) in [4.78, 5) is 11.1. The van der Waals surface area contributed by atoms with Crippen LogP contribution in [0.25, 0.3) is 10.9 Å². The number of benzene rings is 1. The van der Waals surface area contributed by atoms with Gasteiger partial charge in [-0.25, -0.2) is 4.79 Å². The number of hydrogen-bond donors (Lipinski definition) is 1. The Kier molecular flexibility index (Phi) is 2.46. The summed E-state index contributed by atoms with van der Waals surface area (Å²) in [5.41, 5.74) is 2.50. The van der Waals surface area contributed by atoms with Gasteiger partial charge >= 0.3 is 5.97 Å². The van der Waals surface area contributed by atoms with Crippen molar-refractivity contribution in [3.05, 3.63) is 35.5 Å². The summed E-state index contributed by atoms with van der Waals surface area (Å²) >= 11 is 0. The van der Waals surface area contributed by atoms with Gasteiger partial charge in [-0.1, -0.05) is 19.9 Å². The number of aromatic nitrogens is 1. The fourth-order valence-electron chi connectivity index (χ4n) is 1.94. The monoisotopic (exact) mass is 217 g/mol. The molecule has 0 aliphatic heterocycles. The molecule has 0 radical (unpaired) electrons. The van der Waals surface area contributed by atoms with E-state index in [2.05, 4.69) is 19.9 Å². The van der Waals surface area contributed by atoms with Crippen molar-refractivity contribution in [3.8, 4) is 0 Å². The van der Waals surface area contributed by atoms with Crippen LogP contribution >= 0.6 is 0 Å². The predicted octanol–water partition coefficient (Wildman–Crippen LogP) is 3.00. The molecule has 2 rings (SSSR count). The minimum Gasteiger partial charge on any atom is -0.478 e. The van der Waals surface area contributed by atoms with Gasteiger partial charge in [-0.05, 0) is 23.6 Å². The zero-order valence-corrected chi connectivity index (χ0v) is 9.69. The van der Waals surface area contributed by atoms with Gasteiger partial charge in [0.1, 0.15) is 0 Å². The fraction of sp³-hybridized carbons (Fsp3) is 0.308. The van der Waals surface area contributed by atoms with Crippen LogP contribution < -0.4 is 0 Å². The van der Waals surface area contributed by atoms with E-state index in [1.54, 1.807) is 6.20 Å². The summed E-state index contributed by atoms with van der Waals surface area (Å²) in [6, 6.07) is 6.01. The summed E-state index contributed by atoms with van der Waals surface area (Å²) in [6.07, 6.45) is 1.66. The highest BCUT2D eigenvalue weighted by molar-refractivity contribution is 6.03. The molecule has 3 nitrogen and oxygen atoms in total. The van der Waals surface area contributed by atoms with Crippen molar-refractivity contribution in [2.75, 3.05) is 0 Å². The van der Waals surface area contributed by atoms with Gasteiger partial charge in [0.05, 0.1) is 5.56 Å². The number of rotatable bonds is 2. The Morgan fingerprint density at radius 3 is 2.62 bits per heavy atom. The van der Waals surface area contributed by atoms with Crippen molar-refractivity contribution in [3.63, 3.8) is 0 Å². The van der Waals surface area contributed by atoms with E-state index >= 15 is 0 Å². The normalized spacial score (nSPS) is 11.2. The lowest BCUT2D eigenvalue weighted by Gasteiger charge is -2.05. The molecule has 16 heavy (non-hydrogen) atoms. The van der Waals surface area contributed by atoms with Crippen LogP contribution in [0.2, 0.25) is 0 Å². The first-order chi connectivity index (χ1) is 7.50. The molecule has 84 valence electrons. The maximum absolute atomic E-state index is 11.1. The van der Waals surface area contributed by atoms with Crippen molar-refractivity contribution in [2.45, 2.75) is 19.8 Å². The second-order valence-electron chi connectivity index (χ2n) is 4.39. The van der Waals surface area contributed by atoms with Crippen molar-refractivity contribution < 1.29 is 9.90 Å². The molecular formula is C13H15NO2. The highest BCUT2D eigenvalue weighted by Gasteiger charge is 2.13. The summed E-state index contributed by atoms with van der Waals surface area (Å²) in [7, 11) is 1.86. The quantitative estimate of drug-likeness (QED) is 0.840. The van der Waals surface area contributed by atoms with Crippen LogP contribution in [-0.4, -0.2) is 15.6 Å². The molecule has 0 saturated carbocycles. The molecule has 1 aromatic carbocycles. The van der Waals surface area contributed by atoms with Crippen LogP contribution in [0.15, 0.2) is 24.4 Å². The highest BCUT2D eigenvalue weighted by atomic mass is 16.4. The van der Waals surface area contributed by atoms with Crippen LogP contribution in [0.1, 0.15) is 35.7 Å². The van der Waals surface area contributed by atoms with Crippen molar-refractivity contribution >= 4 is 16.9 Å². The molecule has 1 heterocycles. The van der Waals surface area contributed by atoms with Crippen molar-refractivity contribution in [1.82, 2.24) is 4.57 Å². The first kappa shape index (κ1) is 10.7. The average molecular weight is 217 g/mol. The van der Waals surface area contributed by atoms with Crippen LogP contribution in [0, 0.1) is 0 Å². The lowest BCUT2D eigenvalue weighted by atomic mass is 10.0. The fourth-order valence-corrected chi connectivity index (χ4v) is 1.94. The van der Waals surface area contributed by atoms with E-state index in [1.165, 1.54) is 5.56 Å². The zero-order chi connectivity index (χ0) is 11.9. The Morgan fingerprint density at radius 2 is 2.06 bits per heavy atom. The summed E-state index contributed by atoms with van der Waals surface area (Å²) in [6.45, 7) is 4.20. The molecule has 0 bridgehead atoms. The van der Waals surface area contributed by atoms with Gasteiger partial charge in [-0.2, -0.15) is 0 Å². The SMILES string of the molecule is CC(C)c1ccc2c(c1)c(C(=O)O)cn2C. The number of nitrogens with zero attached hydrogens (tertiary/aromatic N) is 1.